The van der Waals surface area contributed by atoms with E-state index in [4.69, 9.17) is 14.6 Å². The molecule has 0 aliphatic carbocycles. The third kappa shape index (κ3) is 5.01. The average molecular weight is 341 g/mol. The number of hydrogen-bond acceptors (Lipinski definition) is 4. The number of aliphatic carboxylic acids is 1. The third-order valence-corrected chi connectivity index (χ3v) is 3.42. The van der Waals surface area contributed by atoms with Gasteiger partial charge in [0.1, 0.15) is 12.4 Å². The fourth-order valence-electron chi connectivity index (χ4n) is 2.36. The molecule has 134 valence electrons. The molecule has 0 aliphatic heterocycles. The molecular weight excluding hydrogens is 317 g/mol. The van der Waals surface area contributed by atoms with E-state index in [1.54, 1.807) is 26.8 Å². The predicted octanol–water partition coefficient (Wildman–Crippen LogP) is 2.58. The first-order chi connectivity index (χ1) is 11.1. The topological polar surface area (TPSA) is 76.1 Å². The second kappa shape index (κ2) is 8.21. The van der Waals surface area contributed by atoms with Crippen molar-refractivity contribution in [1.29, 1.82) is 0 Å². The quantitative estimate of drug-likeness (QED) is 0.772. The molecular formula is C17H24FNO5. The van der Waals surface area contributed by atoms with Crippen LogP contribution in [0.1, 0.15) is 38.2 Å². The van der Waals surface area contributed by atoms with Gasteiger partial charge in [0, 0.05) is 31.7 Å². The lowest BCUT2D eigenvalue weighted by Gasteiger charge is -2.29. The van der Waals surface area contributed by atoms with E-state index in [1.165, 1.54) is 31.3 Å². The Hall–Kier alpha value is -1.99. The van der Waals surface area contributed by atoms with Crippen molar-refractivity contribution >= 4 is 11.9 Å². The fourth-order valence-corrected chi connectivity index (χ4v) is 2.36. The molecule has 0 spiro atoms. The Morgan fingerprint density at radius 3 is 2.29 bits per heavy atom. The molecule has 0 radical (unpaired) electrons. The summed E-state index contributed by atoms with van der Waals surface area (Å²) in [5.74, 6) is -2.02. The van der Waals surface area contributed by atoms with Crippen LogP contribution in [-0.4, -0.2) is 42.6 Å². The van der Waals surface area contributed by atoms with Gasteiger partial charge >= 0.3 is 5.97 Å². The maximum absolute atomic E-state index is 14.2. The highest BCUT2D eigenvalue weighted by Gasteiger charge is 2.30. The lowest BCUT2D eigenvalue weighted by atomic mass is 9.94. The molecule has 1 aromatic carbocycles. The highest BCUT2D eigenvalue weighted by atomic mass is 19.1. The van der Waals surface area contributed by atoms with Crippen LogP contribution in [0, 0.1) is 11.2 Å². The van der Waals surface area contributed by atoms with Crippen LogP contribution in [0.15, 0.2) is 18.2 Å². The van der Waals surface area contributed by atoms with Crippen LogP contribution in [0.25, 0.3) is 0 Å². The first-order valence-corrected chi connectivity index (χ1v) is 7.45. The summed E-state index contributed by atoms with van der Waals surface area (Å²) in [6.07, 6.45) is -0.947. The lowest BCUT2D eigenvalue weighted by Crippen LogP contribution is -2.42. The molecule has 0 saturated carbocycles. The van der Waals surface area contributed by atoms with Gasteiger partial charge in [-0.15, -0.1) is 0 Å². The number of amides is 1. The van der Waals surface area contributed by atoms with Crippen LogP contribution in [-0.2, 0) is 25.6 Å². The molecule has 7 heteroatoms. The van der Waals surface area contributed by atoms with Crippen molar-refractivity contribution in [3.63, 3.8) is 0 Å². The number of benzene rings is 1. The van der Waals surface area contributed by atoms with Crippen molar-refractivity contribution in [2.75, 3.05) is 20.8 Å². The number of carboxylic acids is 1. The molecule has 0 heterocycles. The van der Waals surface area contributed by atoms with Crippen molar-refractivity contribution in [2.45, 2.75) is 33.6 Å². The average Bonchev–Trinajstić information content (AvgIpc) is 2.48. The Morgan fingerprint density at radius 2 is 1.83 bits per heavy atom. The summed E-state index contributed by atoms with van der Waals surface area (Å²) in [5.41, 5.74) is -0.174. The van der Waals surface area contributed by atoms with E-state index in [1.807, 2.05) is 0 Å². The number of carbonyl (C=O) groups excluding carboxylic acids is 1. The summed E-state index contributed by atoms with van der Waals surface area (Å²) in [4.78, 5) is 24.8. The second-order valence-corrected chi connectivity index (χ2v) is 6.42. The van der Waals surface area contributed by atoms with Gasteiger partial charge in [-0.05, 0) is 11.6 Å². The van der Waals surface area contributed by atoms with E-state index in [-0.39, 0.29) is 18.0 Å². The van der Waals surface area contributed by atoms with E-state index in [9.17, 15) is 14.0 Å². The Balaban J connectivity index is 3.26. The molecule has 24 heavy (non-hydrogen) atoms. The Kier molecular flexibility index (Phi) is 6.86. The summed E-state index contributed by atoms with van der Waals surface area (Å²) in [6, 6.07) is 4.38. The molecule has 0 saturated heterocycles. The Morgan fingerprint density at radius 1 is 1.25 bits per heavy atom. The zero-order valence-corrected chi connectivity index (χ0v) is 14.6. The van der Waals surface area contributed by atoms with Crippen molar-refractivity contribution in [3.05, 3.63) is 35.1 Å². The summed E-state index contributed by atoms with van der Waals surface area (Å²) in [6.45, 7) is 4.56. The highest BCUT2D eigenvalue weighted by Crippen LogP contribution is 2.27. The van der Waals surface area contributed by atoms with Gasteiger partial charge in [0.15, 0.2) is 6.29 Å². The standard InChI is InChI=1S/C17H24FNO5/c1-17(2,3)16(22)19(10-13(20)21)9-11-7-6-8-12(18)14(11)15(23-4)24-5/h6-8,15H,9-10H2,1-5H3,(H,20,21). The van der Waals surface area contributed by atoms with E-state index in [2.05, 4.69) is 0 Å². The van der Waals surface area contributed by atoms with Gasteiger partial charge in [-0.25, -0.2) is 4.39 Å². The van der Waals surface area contributed by atoms with Crippen molar-refractivity contribution in [3.8, 4) is 0 Å². The van der Waals surface area contributed by atoms with E-state index in [0.717, 1.165) is 0 Å². The van der Waals surface area contributed by atoms with Gasteiger partial charge in [0.25, 0.3) is 0 Å². The Labute approximate surface area is 141 Å². The molecule has 0 unspecified atom stereocenters. The minimum absolute atomic E-state index is 0.0568. The maximum Gasteiger partial charge on any atom is 0.323 e. The molecule has 0 atom stereocenters. The minimum Gasteiger partial charge on any atom is -0.480 e. The summed E-state index contributed by atoms with van der Waals surface area (Å²) in [7, 11) is 2.75. The van der Waals surface area contributed by atoms with E-state index < -0.39 is 30.0 Å². The molecule has 1 aromatic rings. The number of carboxylic acid groups (broad SMARTS) is 1. The number of nitrogens with zero attached hydrogens (tertiary/aromatic N) is 1. The van der Waals surface area contributed by atoms with Gasteiger partial charge in [-0.2, -0.15) is 0 Å². The van der Waals surface area contributed by atoms with Crippen molar-refractivity contribution in [2.24, 2.45) is 5.41 Å². The second-order valence-electron chi connectivity index (χ2n) is 6.42. The lowest BCUT2D eigenvalue weighted by molar-refractivity contribution is -0.149. The number of rotatable bonds is 7. The van der Waals surface area contributed by atoms with Gasteiger partial charge in [-0.1, -0.05) is 32.9 Å². The number of carbonyl (C=O) groups is 2. The van der Waals surface area contributed by atoms with E-state index >= 15 is 0 Å². The number of methoxy groups -OCH3 is 2. The summed E-state index contributed by atoms with van der Waals surface area (Å²) >= 11 is 0. The maximum atomic E-state index is 14.2. The van der Waals surface area contributed by atoms with Crippen LogP contribution >= 0.6 is 0 Å². The molecule has 1 N–H and O–H groups in total. The van der Waals surface area contributed by atoms with Crippen LogP contribution in [0.3, 0.4) is 0 Å². The SMILES string of the molecule is COC(OC)c1c(F)cccc1CN(CC(=O)O)C(=O)C(C)(C)C. The van der Waals surface area contributed by atoms with Gasteiger partial charge < -0.3 is 19.5 Å². The van der Waals surface area contributed by atoms with Crippen LogP contribution in [0.4, 0.5) is 4.39 Å². The largest absolute Gasteiger partial charge is 0.480 e. The van der Waals surface area contributed by atoms with Gasteiger partial charge in [0.05, 0.1) is 0 Å². The summed E-state index contributed by atoms with van der Waals surface area (Å²) < 4.78 is 24.5. The van der Waals surface area contributed by atoms with Crippen LogP contribution in [0.5, 0.6) is 0 Å². The minimum atomic E-state index is -1.14. The monoisotopic (exact) mass is 341 g/mol. The molecule has 6 nitrogen and oxygen atoms in total. The van der Waals surface area contributed by atoms with Crippen molar-refractivity contribution in [1.82, 2.24) is 4.90 Å². The normalized spacial score (nSPS) is 11.6. The first-order valence-electron chi connectivity index (χ1n) is 7.45. The highest BCUT2D eigenvalue weighted by molar-refractivity contribution is 5.85. The zero-order chi connectivity index (χ0) is 18.5. The number of halogens is 1. The molecule has 0 fully saturated rings. The van der Waals surface area contributed by atoms with Gasteiger partial charge in [0.2, 0.25) is 5.91 Å². The van der Waals surface area contributed by atoms with Crippen LogP contribution in [0.2, 0.25) is 0 Å². The first kappa shape index (κ1) is 20.1. The molecule has 0 aromatic heterocycles. The molecule has 1 amide bonds. The molecule has 1 rings (SSSR count). The predicted molar refractivity (Wildman–Crippen MR) is 85.7 cm³/mol. The van der Waals surface area contributed by atoms with Gasteiger partial charge in [-0.3, -0.25) is 9.59 Å². The molecule has 0 aliphatic rings. The van der Waals surface area contributed by atoms with Crippen molar-refractivity contribution < 1.29 is 28.6 Å². The summed E-state index contributed by atoms with van der Waals surface area (Å²) in [5, 5.41) is 9.08. The third-order valence-electron chi connectivity index (χ3n) is 3.42. The zero-order valence-electron chi connectivity index (χ0n) is 14.6. The molecule has 0 bridgehead atoms. The smallest absolute Gasteiger partial charge is 0.323 e. The fraction of sp³-hybridized carbons (Fsp3) is 0.529. The number of ether oxygens (including phenoxy) is 2. The Bertz CT molecular complexity index is 593. The van der Waals surface area contributed by atoms with E-state index in [0.29, 0.717) is 5.56 Å². The number of hydrogen-bond donors (Lipinski definition) is 1. The van der Waals surface area contributed by atoms with Crippen LogP contribution < -0.4 is 0 Å².